The molecule has 2 fully saturated rings. The molecule has 0 saturated carbocycles. The highest BCUT2D eigenvalue weighted by Gasteiger charge is 2.27. The Morgan fingerprint density at radius 3 is 2.59 bits per heavy atom. The van der Waals surface area contributed by atoms with E-state index >= 15 is 0 Å². The predicted octanol–water partition coefficient (Wildman–Crippen LogP) is 1.99. The molecular formula is C17H34N4O. The average Bonchev–Trinajstić information content (AvgIpc) is 3.05. The van der Waals surface area contributed by atoms with Crippen LogP contribution in [0.5, 0.6) is 0 Å². The molecule has 2 N–H and O–H groups in total. The SMILES string of the molecule is CN=C(NCCC1CCCO1)NCC(C)(C)N1CCCCC1. The van der Waals surface area contributed by atoms with Crippen LogP contribution in [0.1, 0.15) is 52.4 Å². The van der Waals surface area contributed by atoms with Crippen LogP contribution in [0.2, 0.25) is 0 Å². The molecule has 1 atom stereocenters. The molecule has 5 nitrogen and oxygen atoms in total. The van der Waals surface area contributed by atoms with Crippen molar-refractivity contribution in [2.24, 2.45) is 4.99 Å². The van der Waals surface area contributed by atoms with Gasteiger partial charge in [0.1, 0.15) is 0 Å². The molecule has 0 aromatic heterocycles. The number of guanidine groups is 1. The Balaban J connectivity index is 1.68. The Morgan fingerprint density at radius 2 is 1.95 bits per heavy atom. The molecule has 22 heavy (non-hydrogen) atoms. The maximum Gasteiger partial charge on any atom is 0.191 e. The third kappa shape index (κ3) is 5.43. The molecule has 128 valence electrons. The second kappa shape index (κ2) is 8.73. The number of likely N-dealkylation sites (tertiary alicyclic amines) is 1. The van der Waals surface area contributed by atoms with E-state index in [1.165, 1.54) is 45.2 Å². The molecule has 2 rings (SSSR count). The maximum absolute atomic E-state index is 5.66. The molecule has 0 aromatic rings. The van der Waals surface area contributed by atoms with E-state index in [1.807, 2.05) is 7.05 Å². The van der Waals surface area contributed by atoms with Crippen LogP contribution in [0.4, 0.5) is 0 Å². The van der Waals surface area contributed by atoms with E-state index in [1.54, 1.807) is 0 Å². The summed E-state index contributed by atoms with van der Waals surface area (Å²) in [7, 11) is 1.84. The van der Waals surface area contributed by atoms with Crippen molar-refractivity contribution >= 4 is 5.96 Å². The lowest BCUT2D eigenvalue weighted by atomic mass is 9.98. The first-order valence-electron chi connectivity index (χ1n) is 8.93. The van der Waals surface area contributed by atoms with Crippen LogP contribution in [0, 0.1) is 0 Å². The lowest BCUT2D eigenvalue weighted by Gasteiger charge is -2.41. The number of ether oxygens (including phenoxy) is 1. The van der Waals surface area contributed by atoms with Gasteiger partial charge in [-0.05, 0) is 59.0 Å². The summed E-state index contributed by atoms with van der Waals surface area (Å²) in [5.74, 6) is 0.906. The summed E-state index contributed by atoms with van der Waals surface area (Å²) < 4.78 is 5.66. The summed E-state index contributed by atoms with van der Waals surface area (Å²) in [6, 6.07) is 0. The number of aliphatic imine (C=N–C) groups is 1. The number of hydrogen-bond donors (Lipinski definition) is 2. The molecule has 0 amide bonds. The Labute approximate surface area is 135 Å². The van der Waals surface area contributed by atoms with Gasteiger partial charge in [-0.2, -0.15) is 0 Å². The number of nitrogens with one attached hydrogen (secondary N) is 2. The van der Waals surface area contributed by atoms with E-state index in [0.717, 1.165) is 32.1 Å². The van der Waals surface area contributed by atoms with E-state index in [9.17, 15) is 0 Å². The van der Waals surface area contributed by atoms with Gasteiger partial charge in [0, 0.05) is 32.3 Å². The fraction of sp³-hybridized carbons (Fsp3) is 0.941. The molecule has 0 spiro atoms. The van der Waals surface area contributed by atoms with E-state index in [-0.39, 0.29) is 5.54 Å². The third-order valence-corrected chi connectivity index (χ3v) is 4.91. The molecule has 0 aromatic carbocycles. The van der Waals surface area contributed by atoms with Crippen molar-refractivity contribution in [1.82, 2.24) is 15.5 Å². The van der Waals surface area contributed by atoms with Crippen molar-refractivity contribution in [3.8, 4) is 0 Å². The van der Waals surface area contributed by atoms with Gasteiger partial charge in [-0.15, -0.1) is 0 Å². The van der Waals surface area contributed by atoms with Gasteiger partial charge in [0.15, 0.2) is 5.96 Å². The van der Waals surface area contributed by atoms with E-state index in [2.05, 4.69) is 34.4 Å². The monoisotopic (exact) mass is 310 g/mol. The average molecular weight is 310 g/mol. The van der Waals surface area contributed by atoms with Crippen molar-refractivity contribution in [2.75, 3.05) is 39.8 Å². The standard InChI is InChI=1S/C17H34N4O/c1-17(2,21-11-5-4-6-12-21)14-20-16(18-3)19-10-9-15-8-7-13-22-15/h15H,4-14H2,1-3H3,(H2,18,19,20). The van der Waals surface area contributed by atoms with Gasteiger partial charge in [-0.3, -0.25) is 9.89 Å². The molecule has 2 heterocycles. The molecule has 2 saturated heterocycles. The molecular weight excluding hydrogens is 276 g/mol. The summed E-state index contributed by atoms with van der Waals surface area (Å²) in [6.45, 7) is 9.87. The van der Waals surface area contributed by atoms with Crippen molar-refractivity contribution in [3.63, 3.8) is 0 Å². The summed E-state index contributed by atoms with van der Waals surface area (Å²) in [5, 5.41) is 6.90. The highest BCUT2D eigenvalue weighted by molar-refractivity contribution is 5.79. The van der Waals surface area contributed by atoms with Crippen LogP contribution in [0.3, 0.4) is 0 Å². The number of nitrogens with zero attached hydrogens (tertiary/aromatic N) is 2. The van der Waals surface area contributed by atoms with Crippen molar-refractivity contribution in [2.45, 2.75) is 64.0 Å². The topological polar surface area (TPSA) is 48.9 Å². The van der Waals surface area contributed by atoms with Gasteiger partial charge >= 0.3 is 0 Å². The predicted molar refractivity (Wildman–Crippen MR) is 92.5 cm³/mol. The molecule has 0 bridgehead atoms. The smallest absolute Gasteiger partial charge is 0.191 e. The van der Waals surface area contributed by atoms with Crippen molar-refractivity contribution in [3.05, 3.63) is 0 Å². The lowest BCUT2D eigenvalue weighted by molar-refractivity contribution is 0.0979. The first-order valence-corrected chi connectivity index (χ1v) is 8.93. The normalized spacial score (nSPS) is 24.5. The number of hydrogen-bond acceptors (Lipinski definition) is 3. The Hall–Kier alpha value is -0.810. The first-order chi connectivity index (χ1) is 10.6. The van der Waals surface area contributed by atoms with Crippen molar-refractivity contribution < 1.29 is 4.74 Å². The zero-order chi connectivity index (χ0) is 15.8. The summed E-state index contributed by atoms with van der Waals surface area (Å²) >= 11 is 0. The Kier molecular flexibility index (Phi) is 6.96. The molecule has 2 aliphatic rings. The van der Waals surface area contributed by atoms with Crippen LogP contribution >= 0.6 is 0 Å². The number of rotatable bonds is 6. The van der Waals surface area contributed by atoms with Gasteiger partial charge in [-0.25, -0.2) is 0 Å². The van der Waals surface area contributed by atoms with Crippen LogP contribution in [-0.2, 0) is 4.74 Å². The van der Waals surface area contributed by atoms with Gasteiger partial charge in [-0.1, -0.05) is 6.42 Å². The zero-order valence-electron chi connectivity index (χ0n) is 14.7. The minimum absolute atomic E-state index is 0.173. The molecule has 0 radical (unpaired) electrons. The summed E-state index contributed by atoms with van der Waals surface area (Å²) in [5.41, 5.74) is 0.173. The van der Waals surface area contributed by atoms with Crippen LogP contribution in [-0.4, -0.2) is 62.3 Å². The highest BCUT2D eigenvalue weighted by atomic mass is 16.5. The van der Waals surface area contributed by atoms with E-state index in [0.29, 0.717) is 6.10 Å². The quantitative estimate of drug-likeness (QED) is 0.582. The van der Waals surface area contributed by atoms with E-state index in [4.69, 9.17) is 4.74 Å². The zero-order valence-corrected chi connectivity index (χ0v) is 14.7. The van der Waals surface area contributed by atoms with Crippen LogP contribution in [0.15, 0.2) is 4.99 Å². The van der Waals surface area contributed by atoms with Gasteiger partial charge in [0.05, 0.1) is 6.10 Å². The van der Waals surface area contributed by atoms with E-state index < -0.39 is 0 Å². The lowest BCUT2D eigenvalue weighted by Crippen LogP contribution is -2.55. The summed E-state index contributed by atoms with van der Waals surface area (Å²) in [6.07, 6.45) is 7.96. The number of piperidine rings is 1. The van der Waals surface area contributed by atoms with Gasteiger partial charge < -0.3 is 15.4 Å². The third-order valence-electron chi connectivity index (χ3n) is 4.91. The Morgan fingerprint density at radius 1 is 1.18 bits per heavy atom. The molecule has 1 unspecified atom stereocenters. The molecule has 0 aliphatic carbocycles. The van der Waals surface area contributed by atoms with Crippen LogP contribution < -0.4 is 10.6 Å². The minimum atomic E-state index is 0.173. The Bertz CT molecular complexity index is 345. The fourth-order valence-corrected chi connectivity index (χ4v) is 3.36. The highest BCUT2D eigenvalue weighted by Crippen LogP contribution is 2.19. The molecule has 2 aliphatic heterocycles. The second-order valence-electron chi connectivity index (χ2n) is 7.14. The largest absolute Gasteiger partial charge is 0.378 e. The van der Waals surface area contributed by atoms with Crippen molar-refractivity contribution in [1.29, 1.82) is 0 Å². The fourth-order valence-electron chi connectivity index (χ4n) is 3.36. The first kappa shape index (κ1) is 17.5. The van der Waals surface area contributed by atoms with Gasteiger partial charge in [0.2, 0.25) is 0 Å². The molecule has 5 heteroatoms. The second-order valence-corrected chi connectivity index (χ2v) is 7.14. The van der Waals surface area contributed by atoms with Gasteiger partial charge in [0.25, 0.3) is 0 Å². The van der Waals surface area contributed by atoms with Crippen LogP contribution in [0.25, 0.3) is 0 Å². The maximum atomic E-state index is 5.66. The summed E-state index contributed by atoms with van der Waals surface area (Å²) in [4.78, 5) is 6.94. The minimum Gasteiger partial charge on any atom is -0.378 e.